The normalized spacial score (nSPS) is 18.6. The average molecular weight is 420 g/mol. The maximum atomic E-state index is 10.8. The second-order valence-corrected chi connectivity index (χ2v) is 6.12. The van der Waals surface area contributed by atoms with E-state index in [1.54, 1.807) is 34.1 Å². The highest BCUT2D eigenvalue weighted by Crippen LogP contribution is 2.27. The van der Waals surface area contributed by atoms with E-state index in [2.05, 4.69) is 0 Å². The van der Waals surface area contributed by atoms with Gasteiger partial charge in [0.2, 0.25) is 0 Å². The maximum absolute atomic E-state index is 10.8. The Hall–Kier alpha value is -3.32. The number of hydrogen-bond acceptors (Lipinski definition) is 10. The van der Waals surface area contributed by atoms with Crippen molar-refractivity contribution in [1.29, 1.82) is 0 Å². The highest BCUT2D eigenvalue weighted by molar-refractivity contribution is 5.52. The summed E-state index contributed by atoms with van der Waals surface area (Å²) in [5.41, 5.74) is 1.16. The number of nitro groups is 2. The summed E-state index contributed by atoms with van der Waals surface area (Å²) in [6.07, 6.45) is -2.08. The van der Waals surface area contributed by atoms with Crippen LogP contribution in [0.4, 0.5) is 22.7 Å². The zero-order valence-electron chi connectivity index (χ0n) is 16.2. The predicted molar refractivity (Wildman–Crippen MR) is 104 cm³/mol. The van der Waals surface area contributed by atoms with Crippen molar-refractivity contribution in [1.82, 2.24) is 0 Å². The van der Waals surface area contributed by atoms with Crippen LogP contribution in [-0.4, -0.2) is 35.8 Å². The van der Waals surface area contributed by atoms with Gasteiger partial charge in [0.15, 0.2) is 0 Å². The van der Waals surface area contributed by atoms with Crippen LogP contribution in [0.2, 0.25) is 0 Å². The van der Waals surface area contributed by atoms with Crippen LogP contribution in [0.1, 0.15) is 13.8 Å². The molecule has 0 aliphatic carbocycles. The summed E-state index contributed by atoms with van der Waals surface area (Å²) < 4.78 is 0. The number of benzene rings is 2. The van der Waals surface area contributed by atoms with Crippen molar-refractivity contribution in [2.75, 3.05) is 22.9 Å². The highest BCUT2D eigenvalue weighted by Gasteiger charge is 2.33. The lowest BCUT2D eigenvalue weighted by molar-refractivity contribution is -0.588. The quantitative estimate of drug-likeness (QED) is 0.356. The van der Waals surface area contributed by atoms with Crippen LogP contribution in [0, 0.1) is 20.2 Å². The fraction of sp³-hybridized carbons (Fsp3) is 0.333. The molecule has 1 fully saturated rings. The smallest absolute Gasteiger partial charge is 0.300 e. The minimum atomic E-state index is -1.04. The Labute approximate surface area is 171 Å². The second-order valence-electron chi connectivity index (χ2n) is 6.12. The van der Waals surface area contributed by atoms with Crippen molar-refractivity contribution in [2.24, 2.45) is 0 Å². The topological polar surface area (TPSA) is 130 Å². The van der Waals surface area contributed by atoms with Crippen LogP contribution in [-0.2, 0) is 19.6 Å². The van der Waals surface area contributed by atoms with Crippen molar-refractivity contribution < 1.29 is 29.4 Å². The third kappa shape index (κ3) is 4.63. The lowest BCUT2D eigenvalue weighted by Gasteiger charge is -2.38. The monoisotopic (exact) mass is 420 g/mol. The number of anilines is 2. The molecule has 1 saturated heterocycles. The standard InChI is InChI=1S/C18H20N4O8/c1-3-19(13-5-9-15(10-6-13)21(23)24)17-27-29-18(30-28-17)20(4-2)14-7-11-16(12-8-14)22(25)26/h5-12,17-18H,3-4H2,1-2H3. The molecule has 1 heterocycles. The lowest BCUT2D eigenvalue weighted by atomic mass is 10.2. The first kappa shape index (κ1) is 21.4. The molecule has 0 N–H and O–H groups in total. The van der Waals surface area contributed by atoms with Crippen LogP contribution < -0.4 is 9.80 Å². The third-order valence-electron chi connectivity index (χ3n) is 4.42. The van der Waals surface area contributed by atoms with E-state index in [9.17, 15) is 20.2 Å². The molecular formula is C18H20N4O8. The van der Waals surface area contributed by atoms with Crippen LogP contribution in [0.5, 0.6) is 0 Å². The van der Waals surface area contributed by atoms with Gasteiger partial charge >= 0.3 is 0 Å². The van der Waals surface area contributed by atoms with Crippen molar-refractivity contribution in [2.45, 2.75) is 26.7 Å². The van der Waals surface area contributed by atoms with Gasteiger partial charge in [0.1, 0.15) is 0 Å². The first-order valence-electron chi connectivity index (χ1n) is 9.11. The first-order valence-corrected chi connectivity index (χ1v) is 9.11. The second kappa shape index (κ2) is 9.45. The summed E-state index contributed by atoms with van der Waals surface area (Å²) in [6, 6.07) is 11.8. The molecule has 1 aliphatic rings. The van der Waals surface area contributed by atoms with Crippen molar-refractivity contribution >= 4 is 22.7 Å². The Morgan fingerprint density at radius 2 is 1.00 bits per heavy atom. The Bertz CT molecular complexity index is 795. The van der Waals surface area contributed by atoms with E-state index in [1.165, 1.54) is 24.3 Å². The zero-order valence-corrected chi connectivity index (χ0v) is 16.2. The number of non-ortho nitro benzene ring substituents is 2. The fourth-order valence-corrected chi connectivity index (χ4v) is 2.87. The molecule has 160 valence electrons. The molecule has 12 heteroatoms. The van der Waals surface area contributed by atoms with Gasteiger partial charge in [-0.2, -0.15) is 19.6 Å². The third-order valence-corrected chi connectivity index (χ3v) is 4.42. The number of nitrogens with zero attached hydrogens (tertiary/aromatic N) is 4. The molecule has 0 saturated carbocycles. The van der Waals surface area contributed by atoms with Gasteiger partial charge in [0.25, 0.3) is 24.2 Å². The summed E-state index contributed by atoms with van der Waals surface area (Å²) in [6.45, 7) is 4.57. The number of rotatable bonds is 8. The SMILES string of the molecule is CCN(c1ccc([N+](=O)[O-])cc1)C1OOC(N(CC)c2ccc([N+](=O)[O-])cc2)OO1. The molecule has 12 nitrogen and oxygen atoms in total. The van der Waals surface area contributed by atoms with E-state index in [0.717, 1.165) is 0 Å². The molecule has 3 rings (SSSR count). The van der Waals surface area contributed by atoms with Crippen molar-refractivity contribution in [3.05, 3.63) is 68.8 Å². The van der Waals surface area contributed by atoms with E-state index >= 15 is 0 Å². The molecule has 0 spiro atoms. The Kier molecular flexibility index (Phi) is 6.74. The van der Waals surface area contributed by atoms with E-state index in [4.69, 9.17) is 19.6 Å². The lowest BCUT2D eigenvalue weighted by Crippen LogP contribution is -2.50. The minimum absolute atomic E-state index is 0.0328. The van der Waals surface area contributed by atoms with E-state index in [0.29, 0.717) is 24.5 Å². The van der Waals surface area contributed by atoms with E-state index in [-0.39, 0.29) is 11.4 Å². The number of hydrogen-bond donors (Lipinski definition) is 0. The molecule has 2 aromatic rings. The summed E-state index contributed by atoms with van der Waals surface area (Å²) in [7, 11) is 0. The molecule has 0 amide bonds. The van der Waals surface area contributed by atoms with Gasteiger partial charge in [0, 0.05) is 48.7 Å². The molecule has 0 atom stereocenters. The fourth-order valence-electron chi connectivity index (χ4n) is 2.87. The summed E-state index contributed by atoms with van der Waals surface area (Å²) in [4.78, 5) is 45.3. The van der Waals surface area contributed by atoms with Gasteiger partial charge < -0.3 is 9.80 Å². The van der Waals surface area contributed by atoms with E-state index in [1.807, 2.05) is 13.8 Å². The molecule has 0 unspecified atom stereocenters. The van der Waals surface area contributed by atoms with E-state index < -0.39 is 22.7 Å². The Morgan fingerprint density at radius 1 is 0.700 bits per heavy atom. The predicted octanol–water partition coefficient (Wildman–Crippen LogP) is 3.33. The molecule has 1 aliphatic heterocycles. The van der Waals surface area contributed by atoms with Gasteiger partial charge in [-0.05, 0) is 38.1 Å². The van der Waals surface area contributed by atoms with Gasteiger partial charge in [-0.1, -0.05) is 0 Å². The van der Waals surface area contributed by atoms with Gasteiger partial charge in [0.05, 0.1) is 9.85 Å². The minimum Gasteiger partial charge on any atom is -0.320 e. The average Bonchev–Trinajstić information content (AvgIpc) is 2.76. The molecule has 30 heavy (non-hydrogen) atoms. The summed E-state index contributed by atoms with van der Waals surface area (Å²) in [5, 5.41) is 21.6. The Balaban J connectivity index is 1.65. The Morgan fingerprint density at radius 3 is 1.23 bits per heavy atom. The van der Waals surface area contributed by atoms with Crippen LogP contribution >= 0.6 is 0 Å². The number of nitro benzene ring substituents is 2. The van der Waals surface area contributed by atoms with Crippen molar-refractivity contribution in [3.63, 3.8) is 0 Å². The molecular weight excluding hydrogens is 400 g/mol. The highest BCUT2D eigenvalue weighted by atomic mass is 17.4. The summed E-state index contributed by atoms with van der Waals surface area (Å²) in [5.74, 6) is 0. The zero-order chi connectivity index (χ0) is 21.7. The molecule has 0 bridgehead atoms. The molecule has 0 radical (unpaired) electrons. The molecule has 0 aromatic heterocycles. The van der Waals surface area contributed by atoms with Crippen LogP contribution in [0.25, 0.3) is 0 Å². The largest absolute Gasteiger partial charge is 0.320 e. The van der Waals surface area contributed by atoms with Crippen LogP contribution in [0.15, 0.2) is 48.5 Å². The molecule has 2 aromatic carbocycles. The van der Waals surface area contributed by atoms with Crippen LogP contribution in [0.3, 0.4) is 0 Å². The van der Waals surface area contributed by atoms with Gasteiger partial charge in [-0.3, -0.25) is 20.2 Å². The summed E-state index contributed by atoms with van der Waals surface area (Å²) >= 11 is 0. The maximum Gasteiger partial charge on any atom is 0.300 e. The first-order chi connectivity index (χ1) is 14.4. The van der Waals surface area contributed by atoms with Crippen molar-refractivity contribution in [3.8, 4) is 0 Å². The van der Waals surface area contributed by atoms with Gasteiger partial charge in [-0.15, -0.1) is 0 Å². The van der Waals surface area contributed by atoms with Gasteiger partial charge in [-0.25, -0.2) is 0 Å².